The number of aliphatic hydroxyl groups is 2. The molecule has 0 aromatic rings. The Balaban J connectivity index is 2.33. The summed E-state index contributed by atoms with van der Waals surface area (Å²) in [6.45, 7) is 2.97. The highest BCUT2D eigenvalue weighted by atomic mass is 16.8. The molecule has 0 aliphatic carbocycles. The molecule has 2 heterocycles. The molecule has 124 valence electrons. The molecule has 0 unspecified atom stereocenters. The maximum absolute atomic E-state index is 10.3. The van der Waals surface area contributed by atoms with E-state index in [9.17, 15) is 10.2 Å². The summed E-state index contributed by atoms with van der Waals surface area (Å²) in [6, 6.07) is 0. The predicted molar refractivity (Wildman–Crippen MR) is 69.3 cm³/mol. The zero-order chi connectivity index (χ0) is 15.8. The van der Waals surface area contributed by atoms with Gasteiger partial charge in [-0.3, -0.25) is 0 Å². The van der Waals surface area contributed by atoms with Gasteiger partial charge in [0.25, 0.3) is 0 Å². The number of hydrogen-bond donors (Lipinski definition) is 2. The molecule has 0 amide bonds. The van der Waals surface area contributed by atoms with Gasteiger partial charge in [0.1, 0.15) is 24.4 Å². The van der Waals surface area contributed by atoms with Gasteiger partial charge in [-0.05, 0) is 13.8 Å². The molecule has 2 rings (SSSR count). The molecule has 0 bridgehead atoms. The van der Waals surface area contributed by atoms with Gasteiger partial charge in [-0.2, -0.15) is 0 Å². The Bertz CT molecular complexity index is 366. The third-order valence-corrected chi connectivity index (χ3v) is 4.36. The normalized spacial score (nSPS) is 50.7. The standard InChI is InChI=1S/C13H24O8/c1-12(17-4)13(2,18-5)21-10-9(20-12)8(15)7(6-14)19-11(10)16-3/h7-11,14-15H,6H2,1-5H3/t7-,8+,9+,10-,11+,12-,13-/m0/s1. The number of methoxy groups -OCH3 is 3. The Labute approximate surface area is 123 Å². The first-order valence-electron chi connectivity index (χ1n) is 6.79. The van der Waals surface area contributed by atoms with Gasteiger partial charge in [0, 0.05) is 21.3 Å². The van der Waals surface area contributed by atoms with Crippen molar-refractivity contribution in [3.8, 4) is 0 Å². The number of hydrogen-bond acceptors (Lipinski definition) is 8. The van der Waals surface area contributed by atoms with Gasteiger partial charge in [-0.15, -0.1) is 0 Å². The fourth-order valence-electron chi connectivity index (χ4n) is 2.69. The molecule has 21 heavy (non-hydrogen) atoms. The largest absolute Gasteiger partial charge is 0.394 e. The number of rotatable bonds is 4. The van der Waals surface area contributed by atoms with Crippen LogP contribution < -0.4 is 0 Å². The van der Waals surface area contributed by atoms with Crippen LogP contribution in [-0.4, -0.2) is 80.4 Å². The summed E-state index contributed by atoms with van der Waals surface area (Å²) in [5.74, 6) is -2.45. The van der Waals surface area contributed by atoms with Gasteiger partial charge in [0.15, 0.2) is 6.29 Å². The van der Waals surface area contributed by atoms with Crippen molar-refractivity contribution in [2.75, 3.05) is 27.9 Å². The number of ether oxygens (including phenoxy) is 6. The Morgan fingerprint density at radius 3 is 1.95 bits per heavy atom. The molecule has 0 radical (unpaired) electrons. The van der Waals surface area contributed by atoms with Crippen LogP contribution in [0.5, 0.6) is 0 Å². The van der Waals surface area contributed by atoms with Gasteiger partial charge in [0.2, 0.25) is 11.6 Å². The van der Waals surface area contributed by atoms with Crippen LogP contribution in [0.1, 0.15) is 13.8 Å². The summed E-state index contributed by atoms with van der Waals surface area (Å²) in [6.07, 6.45) is -4.21. The first kappa shape index (κ1) is 17.0. The van der Waals surface area contributed by atoms with E-state index in [-0.39, 0.29) is 6.61 Å². The van der Waals surface area contributed by atoms with Crippen molar-refractivity contribution in [3.63, 3.8) is 0 Å². The Kier molecular flexibility index (Phi) is 4.91. The zero-order valence-corrected chi connectivity index (χ0v) is 12.9. The zero-order valence-electron chi connectivity index (χ0n) is 12.9. The molecule has 8 heteroatoms. The minimum Gasteiger partial charge on any atom is -0.394 e. The lowest BCUT2D eigenvalue weighted by molar-refractivity contribution is -0.483. The van der Waals surface area contributed by atoms with Crippen LogP contribution in [0.15, 0.2) is 0 Å². The molecule has 8 nitrogen and oxygen atoms in total. The van der Waals surface area contributed by atoms with Gasteiger partial charge in [-0.1, -0.05) is 0 Å². The van der Waals surface area contributed by atoms with E-state index in [4.69, 9.17) is 28.4 Å². The molecule has 2 aliphatic heterocycles. The second-order valence-electron chi connectivity index (χ2n) is 5.42. The molecule has 2 fully saturated rings. The molecular formula is C13H24O8. The molecule has 2 aliphatic rings. The van der Waals surface area contributed by atoms with Crippen molar-refractivity contribution < 1.29 is 38.6 Å². The van der Waals surface area contributed by atoms with Crippen LogP contribution >= 0.6 is 0 Å². The highest BCUT2D eigenvalue weighted by molar-refractivity contribution is 4.99. The highest BCUT2D eigenvalue weighted by Gasteiger charge is 2.62. The van der Waals surface area contributed by atoms with E-state index in [1.54, 1.807) is 13.8 Å². The fraction of sp³-hybridized carbons (Fsp3) is 1.00. The molecular weight excluding hydrogens is 284 g/mol. The Hall–Kier alpha value is -0.320. The number of aliphatic hydroxyl groups excluding tert-OH is 2. The molecule has 2 saturated heterocycles. The molecule has 2 N–H and O–H groups in total. The maximum atomic E-state index is 10.3. The predicted octanol–water partition coefficient (Wildman–Crippen LogP) is -0.780. The second-order valence-corrected chi connectivity index (χ2v) is 5.42. The summed E-state index contributed by atoms with van der Waals surface area (Å²) in [5, 5.41) is 19.6. The van der Waals surface area contributed by atoms with Gasteiger partial charge in [-0.25, -0.2) is 0 Å². The third kappa shape index (κ3) is 2.60. The van der Waals surface area contributed by atoms with E-state index in [1.807, 2.05) is 0 Å². The van der Waals surface area contributed by atoms with E-state index in [1.165, 1.54) is 21.3 Å². The van der Waals surface area contributed by atoms with Crippen molar-refractivity contribution >= 4 is 0 Å². The first-order valence-corrected chi connectivity index (χ1v) is 6.79. The molecule has 0 spiro atoms. The van der Waals surface area contributed by atoms with Crippen molar-refractivity contribution in [3.05, 3.63) is 0 Å². The second kappa shape index (κ2) is 6.05. The van der Waals surface area contributed by atoms with Gasteiger partial charge in [0.05, 0.1) is 6.61 Å². The topological polar surface area (TPSA) is 95.8 Å². The van der Waals surface area contributed by atoms with Crippen LogP contribution in [0.3, 0.4) is 0 Å². The van der Waals surface area contributed by atoms with E-state index in [0.717, 1.165) is 0 Å². The smallest absolute Gasteiger partial charge is 0.220 e. The van der Waals surface area contributed by atoms with Crippen molar-refractivity contribution in [2.45, 2.75) is 56.1 Å². The van der Waals surface area contributed by atoms with Gasteiger partial charge >= 0.3 is 0 Å². The molecule has 0 aromatic heterocycles. The van der Waals surface area contributed by atoms with E-state index in [2.05, 4.69) is 0 Å². The van der Waals surface area contributed by atoms with E-state index >= 15 is 0 Å². The SMILES string of the molecule is CO[C@@H]1O[C@@H](CO)[C@@H](O)[C@H]2O[C@](C)(OC)[C@@](C)(OC)O[C@H]12. The summed E-state index contributed by atoms with van der Waals surface area (Å²) in [5.41, 5.74) is 0. The molecule has 0 saturated carbocycles. The van der Waals surface area contributed by atoms with E-state index in [0.29, 0.717) is 0 Å². The molecule has 0 aromatic carbocycles. The highest BCUT2D eigenvalue weighted by Crippen LogP contribution is 2.43. The van der Waals surface area contributed by atoms with Crippen molar-refractivity contribution in [1.82, 2.24) is 0 Å². The maximum Gasteiger partial charge on any atom is 0.220 e. The van der Waals surface area contributed by atoms with Crippen molar-refractivity contribution in [1.29, 1.82) is 0 Å². The fourth-order valence-corrected chi connectivity index (χ4v) is 2.69. The summed E-state index contributed by atoms with van der Waals surface area (Å²) in [4.78, 5) is 0. The van der Waals surface area contributed by atoms with Crippen LogP contribution in [-0.2, 0) is 28.4 Å². The Morgan fingerprint density at radius 1 is 1.00 bits per heavy atom. The van der Waals surface area contributed by atoms with Crippen molar-refractivity contribution in [2.24, 2.45) is 0 Å². The molecule has 7 atom stereocenters. The minimum atomic E-state index is -1.24. The quantitative estimate of drug-likeness (QED) is 0.698. The average Bonchev–Trinajstić information content (AvgIpc) is 2.50. The number of fused-ring (bicyclic) bond motifs is 1. The lowest BCUT2D eigenvalue weighted by Crippen LogP contribution is -2.73. The van der Waals surface area contributed by atoms with Crippen LogP contribution in [0.25, 0.3) is 0 Å². The first-order chi connectivity index (χ1) is 9.85. The van der Waals surface area contributed by atoms with Gasteiger partial charge < -0.3 is 38.6 Å². The van der Waals surface area contributed by atoms with Crippen LogP contribution in [0, 0.1) is 0 Å². The van der Waals surface area contributed by atoms with E-state index < -0.39 is 42.3 Å². The van der Waals surface area contributed by atoms with Crippen LogP contribution in [0.4, 0.5) is 0 Å². The Morgan fingerprint density at radius 2 is 1.52 bits per heavy atom. The minimum absolute atomic E-state index is 0.362. The summed E-state index contributed by atoms with van der Waals surface area (Å²) < 4.78 is 33.4. The summed E-state index contributed by atoms with van der Waals surface area (Å²) in [7, 11) is 4.38. The lowest BCUT2D eigenvalue weighted by Gasteiger charge is -2.56. The summed E-state index contributed by atoms with van der Waals surface area (Å²) >= 11 is 0. The average molecular weight is 308 g/mol. The monoisotopic (exact) mass is 308 g/mol. The lowest BCUT2D eigenvalue weighted by atomic mass is 9.94. The third-order valence-electron chi connectivity index (χ3n) is 4.36. The van der Waals surface area contributed by atoms with Crippen LogP contribution in [0.2, 0.25) is 0 Å².